The largest absolute Gasteiger partial charge is 0.513 e. The summed E-state index contributed by atoms with van der Waals surface area (Å²) in [4.78, 5) is 25.0. The normalized spacial score (nSPS) is 12.5. The average molecular weight is 471 g/mol. The van der Waals surface area contributed by atoms with Crippen molar-refractivity contribution in [2.24, 2.45) is 0 Å². The molecule has 0 unspecified atom stereocenters. The zero-order valence-electron chi connectivity index (χ0n) is 20.5. The molecule has 0 saturated heterocycles. The number of anilines is 1. The Kier molecular flexibility index (Phi) is 7.87. The molecule has 0 spiro atoms. The standard InChI is InChI=1S/C26H31FN2O5/c1-25(2,3)17-12-18(26(4,5)6)21(34-24(32)33-7)13-20(17)29-23(31)16(14-28)22(30)15-10-8-9-11-19(15)27/h8-14,28,30H,1-7H3,(H,29,31). The molecule has 7 nitrogen and oxygen atoms in total. The van der Waals surface area contributed by atoms with E-state index >= 15 is 0 Å². The van der Waals surface area contributed by atoms with Crippen LogP contribution < -0.4 is 10.1 Å². The van der Waals surface area contributed by atoms with Gasteiger partial charge in [-0.2, -0.15) is 0 Å². The fourth-order valence-corrected chi connectivity index (χ4v) is 3.34. The average Bonchev–Trinajstić information content (AvgIpc) is 2.72. The minimum absolute atomic E-state index is 0.196. The summed E-state index contributed by atoms with van der Waals surface area (Å²) in [7, 11) is 1.19. The van der Waals surface area contributed by atoms with Gasteiger partial charge in [-0.15, -0.1) is 0 Å². The van der Waals surface area contributed by atoms with Gasteiger partial charge in [0.05, 0.1) is 18.2 Å². The molecule has 0 saturated carbocycles. The topological polar surface area (TPSA) is 109 Å². The highest BCUT2D eigenvalue weighted by Gasteiger charge is 2.29. The quantitative estimate of drug-likeness (QED) is 0.160. The third kappa shape index (κ3) is 6.01. The van der Waals surface area contributed by atoms with Gasteiger partial charge >= 0.3 is 6.16 Å². The first-order chi connectivity index (χ1) is 15.7. The third-order valence-electron chi connectivity index (χ3n) is 5.12. The summed E-state index contributed by atoms with van der Waals surface area (Å²) < 4.78 is 24.1. The molecule has 0 atom stereocenters. The molecule has 0 heterocycles. The number of amides is 1. The summed E-state index contributed by atoms with van der Waals surface area (Å²) in [5.74, 6) is -2.03. The van der Waals surface area contributed by atoms with Gasteiger partial charge in [-0.3, -0.25) is 4.79 Å². The molecule has 3 N–H and O–H groups in total. The molecule has 0 radical (unpaired) electrons. The van der Waals surface area contributed by atoms with Crippen molar-refractivity contribution in [3.8, 4) is 5.75 Å². The van der Waals surface area contributed by atoms with Gasteiger partial charge in [-0.1, -0.05) is 53.7 Å². The molecule has 0 aliphatic rings. The Bertz CT molecular complexity index is 1140. The van der Waals surface area contributed by atoms with Crippen LogP contribution in [0.2, 0.25) is 0 Å². The summed E-state index contributed by atoms with van der Waals surface area (Å²) in [5.41, 5.74) is 0.287. The van der Waals surface area contributed by atoms with Crippen LogP contribution in [0.15, 0.2) is 42.0 Å². The number of halogens is 1. The number of methoxy groups -OCH3 is 1. The molecule has 34 heavy (non-hydrogen) atoms. The molecule has 0 aliphatic heterocycles. The van der Waals surface area contributed by atoms with E-state index in [2.05, 4.69) is 10.1 Å². The second-order valence-electron chi connectivity index (χ2n) is 9.79. The van der Waals surface area contributed by atoms with Gasteiger partial charge in [0.2, 0.25) is 0 Å². The summed E-state index contributed by atoms with van der Waals surface area (Å²) in [5, 5.41) is 20.9. The SMILES string of the molecule is COC(=O)Oc1cc(NC(=O)C(C=N)=C(O)c2ccccc2F)c(C(C)(C)C)cc1C(C)(C)C. The second kappa shape index (κ2) is 10.1. The van der Waals surface area contributed by atoms with E-state index in [0.29, 0.717) is 11.9 Å². The lowest BCUT2D eigenvalue weighted by atomic mass is 9.79. The van der Waals surface area contributed by atoms with Gasteiger partial charge in [0, 0.05) is 23.5 Å². The van der Waals surface area contributed by atoms with E-state index in [1.165, 1.54) is 31.4 Å². The van der Waals surface area contributed by atoms with Crippen LogP contribution in [0.1, 0.15) is 58.2 Å². The molecule has 182 valence electrons. The number of carbonyl (C=O) groups is 2. The molecule has 2 aromatic rings. The Hall–Kier alpha value is -3.68. The number of hydrogen-bond donors (Lipinski definition) is 3. The van der Waals surface area contributed by atoms with Gasteiger partial charge in [-0.25, -0.2) is 9.18 Å². The maximum atomic E-state index is 14.2. The van der Waals surface area contributed by atoms with E-state index in [0.717, 1.165) is 17.2 Å². The Morgan fingerprint density at radius 1 is 1.03 bits per heavy atom. The van der Waals surface area contributed by atoms with Crippen LogP contribution in [0, 0.1) is 11.2 Å². The van der Waals surface area contributed by atoms with Gasteiger partial charge in [0.1, 0.15) is 17.3 Å². The van der Waals surface area contributed by atoms with Crippen molar-refractivity contribution in [3.05, 3.63) is 64.5 Å². The first kappa shape index (κ1) is 26.6. The smallest absolute Gasteiger partial charge is 0.506 e. The summed E-state index contributed by atoms with van der Waals surface area (Å²) in [6.45, 7) is 11.7. The minimum atomic E-state index is -0.913. The number of carbonyl (C=O) groups excluding carboxylic acids is 2. The Labute approximate surface area is 199 Å². The molecule has 0 fully saturated rings. The molecule has 0 aliphatic carbocycles. The minimum Gasteiger partial charge on any atom is -0.506 e. The monoisotopic (exact) mass is 470 g/mol. The summed E-state index contributed by atoms with van der Waals surface area (Å²) in [6.07, 6.45) is -0.257. The second-order valence-corrected chi connectivity index (χ2v) is 9.79. The lowest BCUT2D eigenvalue weighted by Gasteiger charge is -2.29. The van der Waals surface area contributed by atoms with Crippen molar-refractivity contribution in [3.63, 3.8) is 0 Å². The van der Waals surface area contributed by atoms with Crippen LogP contribution in [-0.4, -0.2) is 30.5 Å². The van der Waals surface area contributed by atoms with E-state index in [1.807, 2.05) is 47.6 Å². The highest BCUT2D eigenvalue weighted by atomic mass is 19.1. The number of aliphatic hydroxyl groups is 1. The number of aliphatic hydroxyl groups excluding tert-OH is 1. The summed E-state index contributed by atoms with van der Waals surface area (Å²) in [6, 6.07) is 8.77. The predicted molar refractivity (Wildman–Crippen MR) is 130 cm³/mol. The van der Waals surface area contributed by atoms with E-state index in [4.69, 9.17) is 10.1 Å². The fraction of sp³-hybridized carbons (Fsp3) is 0.346. The molecular weight excluding hydrogens is 439 g/mol. The lowest BCUT2D eigenvalue weighted by Crippen LogP contribution is -2.24. The van der Waals surface area contributed by atoms with E-state index in [1.54, 1.807) is 0 Å². The Morgan fingerprint density at radius 2 is 1.62 bits per heavy atom. The van der Waals surface area contributed by atoms with Gasteiger partial charge in [-0.05, 0) is 34.6 Å². The van der Waals surface area contributed by atoms with Crippen molar-refractivity contribution in [1.29, 1.82) is 5.41 Å². The maximum absolute atomic E-state index is 14.2. The first-order valence-electron chi connectivity index (χ1n) is 10.7. The number of rotatable bonds is 5. The van der Waals surface area contributed by atoms with E-state index in [9.17, 15) is 19.1 Å². The number of ether oxygens (including phenoxy) is 2. The van der Waals surface area contributed by atoms with Crippen LogP contribution >= 0.6 is 0 Å². The molecule has 8 heteroatoms. The number of benzene rings is 2. The Balaban J connectivity index is 2.66. The van der Waals surface area contributed by atoms with Crippen LogP contribution in [0.3, 0.4) is 0 Å². The van der Waals surface area contributed by atoms with Gasteiger partial charge in [0.15, 0.2) is 0 Å². The van der Waals surface area contributed by atoms with Crippen molar-refractivity contribution < 1.29 is 28.6 Å². The van der Waals surface area contributed by atoms with Gasteiger partial charge in [0.25, 0.3) is 5.91 Å². The highest BCUT2D eigenvalue weighted by Crippen LogP contribution is 2.40. The van der Waals surface area contributed by atoms with Crippen LogP contribution in [0.25, 0.3) is 5.76 Å². The number of nitrogens with one attached hydrogen (secondary N) is 2. The lowest BCUT2D eigenvalue weighted by molar-refractivity contribution is -0.112. The van der Waals surface area contributed by atoms with Crippen LogP contribution in [0.5, 0.6) is 5.75 Å². The Morgan fingerprint density at radius 3 is 2.12 bits per heavy atom. The first-order valence-corrected chi connectivity index (χ1v) is 10.7. The zero-order valence-corrected chi connectivity index (χ0v) is 20.5. The molecule has 0 bridgehead atoms. The molecule has 1 amide bonds. The molecule has 2 rings (SSSR count). The van der Waals surface area contributed by atoms with Crippen molar-refractivity contribution in [2.75, 3.05) is 12.4 Å². The van der Waals surface area contributed by atoms with Crippen LogP contribution in [0.4, 0.5) is 14.9 Å². The van der Waals surface area contributed by atoms with E-state index < -0.39 is 40.0 Å². The van der Waals surface area contributed by atoms with Crippen molar-refractivity contribution in [2.45, 2.75) is 52.4 Å². The molecular formula is C26H31FN2O5. The summed E-state index contributed by atoms with van der Waals surface area (Å²) >= 11 is 0. The highest BCUT2D eigenvalue weighted by molar-refractivity contribution is 6.21. The van der Waals surface area contributed by atoms with Crippen molar-refractivity contribution in [1.82, 2.24) is 0 Å². The molecule has 0 aromatic heterocycles. The van der Waals surface area contributed by atoms with Crippen molar-refractivity contribution >= 4 is 29.7 Å². The molecule has 2 aromatic carbocycles. The maximum Gasteiger partial charge on any atom is 0.513 e. The predicted octanol–water partition coefficient (Wildman–Crippen LogP) is 6.12. The zero-order chi connectivity index (χ0) is 25.8. The fourth-order valence-electron chi connectivity index (χ4n) is 3.34. The third-order valence-corrected chi connectivity index (χ3v) is 5.12. The van der Waals surface area contributed by atoms with E-state index in [-0.39, 0.29) is 11.3 Å². The number of hydrogen-bond acceptors (Lipinski definition) is 6. The van der Waals surface area contributed by atoms with Crippen LogP contribution in [-0.2, 0) is 20.4 Å². The van der Waals surface area contributed by atoms with Gasteiger partial charge < -0.3 is 25.3 Å².